The van der Waals surface area contributed by atoms with Crippen LogP contribution in [0.15, 0.2) is 0 Å². The van der Waals surface area contributed by atoms with Gasteiger partial charge in [0.05, 0.1) is 30.8 Å². The third kappa shape index (κ3) is 1.13. The zero-order valence-corrected chi connectivity index (χ0v) is 12.7. The summed E-state index contributed by atoms with van der Waals surface area (Å²) in [5.41, 5.74) is -3.54. The van der Waals surface area contributed by atoms with Gasteiger partial charge in [-0.05, 0) is 12.8 Å². The normalized spacial score (nSPS) is 63.1. The second kappa shape index (κ2) is 3.91. The van der Waals surface area contributed by atoms with E-state index in [1.807, 2.05) is 0 Å². The molecule has 4 rings (SSSR count). The van der Waals surface area contributed by atoms with Crippen LogP contribution in [0.25, 0.3) is 0 Å². The van der Waals surface area contributed by atoms with Crippen molar-refractivity contribution in [1.82, 2.24) is 0 Å². The van der Waals surface area contributed by atoms with Crippen LogP contribution in [0, 0.1) is 16.7 Å². The van der Waals surface area contributed by atoms with Crippen molar-refractivity contribution in [2.24, 2.45) is 16.7 Å². The summed E-state index contributed by atoms with van der Waals surface area (Å²) in [4.78, 5) is 12.6. The molecule has 22 heavy (non-hydrogen) atoms. The lowest BCUT2D eigenvalue weighted by atomic mass is 9.49. The Kier molecular flexibility index (Phi) is 2.66. The third-order valence-corrected chi connectivity index (χ3v) is 6.98. The van der Waals surface area contributed by atoms with Gasteiger partial charge in [-0.3, -0.25) is 4.79 Å². The molecule has 4 N–H and O–H groups in total. The lowest BCUT2D eigenvalue weighted by molar-refractivity contribution is -0.333. The van der Waals surface area contributed by atoms with E-state index >= 15 is 0 Å². The Morgan fingerprint density at radius 1 is 1.36 bits per heavy atom. The van der Waals surface area contributed by atoms with E-state index in [4.69, 9.17) is 9.47 Å². The summed E-state index contributed by atoms with van der Waals surface area (Å²) >= 11 is 0. The summed E-state index contributed by atoms with van der Waals surface area (Å²) in [6, 6.07) is 0. The zero-order chi connectivity index (χ0) is 16.1. The first kappa shape index (κ1) is 15.0. The van der Waals surface area contributed by atoms with Crippen molar-refractivity contribution in [3.8, 4) is 0 Å². The zero-order valence-electron chi connectivity index (χ0n) is 12.7. The maximum absolute atomic E-state index is 12.6. The summed E-state index contributed by atoms with van der Waals surface area (Å²) in [6.07, 6.45) is -2.34. The van der Waals surface area contributed by atoms with E-state index < -0.39 is 58.8 Å². The van der Waals surface area contributed by atoms with Gasteiger partial charge in [-0.2, -0.15) is 0 Å². The van der Waals surface area contributed by atoms with E-state index in [1.54, 1.807) is 13.8 Å². The van der Waals surface area contributed by atoms with Gasteiger partial charge in [0.25, 0.3) is 0 Å². The van der Waals surface area contributed by atoms with Crippen LogP contribution in [0.1, 0.15) is 26.7 Å². The van der Waals surface area contributed by atoms with Gasteiger partial charge in [-0.1, -0.05) is 13.8 Å². The van der Waals surface area contributed by atoms with Gasteiger partial charge in [0.2, 0.25) is 5.79 Å². The topological polar surface area (TPSA) is 116 Å². The van der Waals surface area contributed by atoms with Gasteiger partial charge < -0.3 is 29.9 Å². The van der Waals surface area contributed by atoms with Crippen molar-refractivity contribution >= 4 is 5.78 Å². The van der Waals surface area contributed by atoms with Crippen LogP contribution in [0.2, 0.25) is 0 Å². The maximum atomic E-state index is 12.6. The molecular formula is C15H22O7. The molecule has 2 aliphatic heterocycles. The van der Waals surface area contributed by atoms with Crippen LogP contribution in [-0.4, -0.2) is 69.1 Å². The Morgan fingerprint density at radius 3 is 2.68 bits per heavy atom. The van der Waals surface area contributed by atoms with Crippen LogP contribution >= 0.6 is 0 Å². The minimum atomic E-state index is -2.15. The van der Waals surface area contributed by atoms with E-state index in [-0.39, 0.29) is 13.0 Å². The molecule has 0 amide bonds. The number of aliphatic hydroxyl groups is 4. The van der Waals surface area contributed by atoms with Gasteiger partial charge in [-0.15, -0.1) is 0 Å². The van der Waals surface area contributed by atoms with Crippen molar-refractivity contribution in [2.75, 3.05) is 13.2 Å². The SMILES string of the molecule is C[C@H]1C[C@@H]2O[C@]34CO[C@](O)(C1=O)[C@@]2(CO)[C@]3(C)C[C@@H](O)[C@@H]4O. The predicted octanol–water partition coefficient (Wildman–Crippen LogP) is -1.44. The van der Waals surface area contributed by atoms with Crippen LogP contribution in [0.4, 0.5) is 0 Å². The van der Waals surface area contributed by atoms with Crippen molar-refractivity contribution in [3.63, 3.8) is 0 Å². The minimum Gasteiger partial charge on any atom is -0.395 e. The first-order valence-corrected chi connectivity index (χ1v) is 7.76. The fourth-order valence-corrected chi connectivity index (χ4v) is 5.71. The molecule has 2 saturated carbocycles. The summed E-state index contributed by atoms with van der Waals surface area (Å²) < 4.78 is 11.7. The Balaban J connectivity index is 1.98. The fourth-order valence-electron chi connectivity index (χ4n) is 5.71. The fraction of sp³-hybridized carbons (Fsp3) is 0.933. The number of rotatable bonds is 1. The molecule has 124 valence electrons. The van der Waals surface area contributed by atoms with Crippen molar-refractivity contribution in [1.29, 1.82) is 0 Å². The molecular weight excluding hydrogens is 292 g/mol. The third-order valence-electron chi connectivity index (χ3n) is 6.98. The molecule has 0 aromatic carbocycles. The smallest absolute Gasteiger partial charge is 0.238 e. The highest BCUT2D eigenvalue weighted by Gasteiger charge is 2.87. The predicted molar refractivity (Wildman–Crippen MR) is 71.6 cm³/mol. The van der Waals surface area contributed by atoms with Gasteiger partial charge in [-0.25, -0.2) is 0 Å². The maximum Gasteiger partial charge on any atom is 0.238 e. The summed E-state index contributed by atoms with van der Waals surface area (Å²) in [7, 11) is 0. The number of hydrogen-bond donors (Lipinski definition) is 4. The average molecular weight is 314 g/mol. The van der Waals surface area contributed by atoms with E-state index in [9.17, 15) is 25.2 Å². The molecule has 0 aromatic rings. The summed E-state index contributed by atoms with van der Waals surface area (Å²) in [5.74, 6) is -3.08. The van der Waals surface area contributed by atoms with Crippen molar-refractivity contribution in [2.45, 2.75) is 56.4 Å². The molecule has 8 atom stereocenters. The van der Waals surface area contributed by atoms with E-state index in [1.165, 1.54) is 0 Å². The second-order valence-corrected chi connectivity index (χ2v) is 7.61. The van der Waals surface area contributed by atoms with E-state index in [2.05, 4.69) is 0 Å². The standard InChI is InChI=1S/C15H22O7/c1-7-3-9-13(5-16)12(2)4-8(17)11(19)14(12,22-9)6-21-15(13,20)10(7)18/h7-9,11,16-17,19-20H,3-6H2,1-2H3/t7-,8+,9-,11-,12-,13+,14-,15+/m0/s1. The van der Waals surface area contributed by atoms with Crippen LogP contribution in [0.3, 0.4) is 0 Å². The van der Waals surface area contributed by atoms with Crippen molar-refractivity contribution < 1.29 is 34.7 Å². The first-order chi connectivity index (χ1) is 10.2. The minimum absolute atomic E-state index is 0.137. The van der Waals surface area contributed by atoms with Crippen LogP contribution < -0.4 is 0 Å². The van der Waals surface area contributed by atoms with Gasteiger partial charge in [0, 0.05) is 11.3 Å². The molecule has 2 bridgehead atoms. The molecule has 7 nitrogen and oxygen atoms in total. The summed E-state index contributed by atoms with van der Waals surface area (Å²) in [6.45, 7) is 2.76. The molecule has 7 heteroatoms. The Morgan fingerprint density at radius 2 is 2.05 bits per heavy atom. The number of carbonyl (C=O) groups excluding carboxylic acids is 1. The molecule has 0 aromatic heterocycles. The Hall–Kier alpha value is -0.570. The highest BCUT2D eigenvalue weighted by Crippen LogP contribution is 2.74. The highest BCUT2D eigenvalue weighted by molar-refractivity contribution is 5.90. The molecule has 4 fully saturated rings. The molecule has 0 radical (unpaired) electrons. The van der Waals surface area contributed by atoms with Gasteiger partial charge in [0.1, 0.15) is 11.7 Å². The number of ketones is 1. The lowest BCUT2D eigenvalue weighted by Crippen LogP contribution is -2.75. The molecule has 2 saturated heterocycles. The van der Waals surface area contributed by atoms with Crippen LogP contribution in [0.5, 0.6) is 0 Å². The van der Waals surface area contributed by atoms with Crippen molar-refractivity contribution in [3.05, 3.63) is 0 Å². The quantitative estimate of drug-likeness (QED) is 0.468. The monoisotopic (exact) mass is 314 g/mol. The number of hydrogen-bond acceptors (Lipinski definition) is 7. The highest BCUT2D eigenvalue weighted by atomic mass is 16.7. The average Bonchev–Trinajstić information content (AvgIpc) is 2.75. The largest absolute Gasteiger partial charge is 0.395 e. The first-order valence-electron chi connectivity index (χ1n) is 7.76. The Bertz CT molecular complexity index is 552. The van der Waals surface area contributed by atoms with Crippen LogP contribution in [-0.2, 0) is 14.3 Å². The molecule has 2 heterocycles. The number of ether oxygens (including phenoxy) is 2. The van der Waals surface area contributed by atoms with Gasteiger partial charge >= 0.3 is 0 Å². The van der Waals surface area contributed by atoms with E-state index in [0.29, 0.717) is 6.42 Å². The molecule has 4 aliphatic rings. The van der Waals surface area contributed by atoms with Gasteiger partial charge in [0.15, 0.2) is 5.78 Å². The number of aliphatic hydroxyl groups excluding tert-OH is 3. The summed E-state index contributed by atoms with van der Waals surface area (Å²) in [5, 5.41) is 41.9. The Labute approximate surface area is 127 Å². The second-order valence-electron chi connectivity index (χ2n) is 7.61. The number of Topliss-reactive ketones (excluding diaryl/α,β-unsaturated/α-hetero) is 1. The molecule has 0 spiro atoms. The lowest BCUT2D eigenvalue weighted by Gasteiger charge is -2.59. The number of carbonyl (C=O) groups is 1. The molecule has 0 unspecified atom stereocenters. The van der Waals surface area contributed by atoms with E-state index in [0.717, 1.165) is 0 Å². The molecule has 2 aliphatic carbocycles.